The number of carbonyl (C=O) groups excluding carboxylic acids is 1. The second kappa shape index (κ2) is 9.51. The van der Waals surface area contributed by atoms with Gasteiger partial charge in [0.15, 0.2) is 17.0 Å². The minimum Gasteiger partial charge on any atom is -0.430 e. The van der Waals surface area contributed by atoms with E-state index in [0.717, 1.165) is 31.4 Å². The van der Waals surface area contributed by atoms with Crippen molar-refractivity contribution in [2.45, 2.75) is 75.8 Å². The number of aliphatic hydroxyl groups is 2. The highest BCUT2D eigenvalue weighted by Crippen LogP contribution is 2.67. The maximum absolute atomic E-state index is 13.7. The van der Waals surface area contributed by atoms with Crippen molar-refractivity contribution in [1.29, 1.82) is 0 Å². The van der Waals surface area contributed by atoms with Gasteiger partial charge in [0.05, 0.1) is 23.7 Å². The molecule has 0 spiro atoms. The third-order valence-electron chi connectivity index (χ3n) is 11.0. The maximum atomic E-state index is 13.7. The lowest BCUT2D eigenvalue weighted by Gasteiger charge is -2.60. The number of Topliss-reactive ketones (excluding diaryl/α,β-unsaturated/α-hetero) is 1. The topological polar surface area (TPSA) is 119 Å². The first kappa shape index (κ1) is 26.9. The highest BCUT2D eigenvalue weighted by atomic mass is 32.2. The molecule has 0 bridgehead atoms. The van der Waals surface area contributed by atoms with E-state index in [1.165, 1.54) is 22.9 Å². The Balaban J connectivity index is 1.13. The second-order valence-electron chi connectivity index (χ2n) is 12.9. The van der Waals surface area contributed by atoms with Crippen molar-refractivity contribution < 1.29 is 19.4 Å². The summed E-state index contributed by atoms with van der Waals surface area (Å²) in [4.78, 5) is 25.8. The van der Waals surface area contributed by atoms with Gasteiger partial charge >= 0.3 is 0 Å². The molecular weight excluding hydrogens is 538 g/mol. The molecule has 10 heteroatoms. The zero-order valence-electron chi connectivity index (χ0n) is 23.4. The van der Waals surface area contributed by atoms with Crippen LogP contribution in [0.5, 0.6) is 0 Å². The standard InChI is InChI=1S/C31H35N5O4S/c1-29-14-18-16-34-36(12-11-32-3)22(18)13-19(29)6-7-20-21-8-9-31(39,30(21,2)15-23(37)26(20)29)25(38)17-41-28-35-27-24(40-28)5-4-10-33-27/h4-5,10,13,16,20-21,23,26,37,39H,6-9,11-12,14-15,17H2,1-2H3/t20?,21?,23?,26?,29?,30?,31-/m0/s1. The number of aliphatic hydroxyl groups excluding tert-OH is 1. The van der Waals surface area contributed by atoms with Gasteiger partial charge in [0.1, 0.15) is 12.1 Å². The molecule has 0 aliphatic heterocycles. The van der Waals surface area contributed by atoms with Gasteiger partial charge in [-0.05, 0) is 85.5 Å². The number of oxazole rings is 1. The number of rotatable bonds is 6. The molecule has 41 heavy (non-hydrogen) atoms. The smallest absolute Gasteiger partial charge is 0.258 e. The molecule has 0 saturated heterocycles. The molecule has 0 aromatic carbocycles. The van der Waals surface area contributed by atoms with Gasteiger partial charge in [-0.25, -0.2) is 11.6 Å². The number of ketones is 1. The van der Waals surface area contributed by atoms with Crippen LogP contribution in [-0.4, -0.2) is 59.7 Å². The molecule has 2 N–H and O–H groups in total. The van der Waals surface area contributed by atoms with Gasteiger partial charge < -0.3 is 19.5 Å². The van der Waals surface area contributed by atoms with Crippen LogP contribution in [0.4, 0.5) is 0 Å². The first-order chi connectivity index (χ1) is 19.7. The predicted octanol–water partition coefficient (Wildman–Crippen LogP) is 4.58. The van der Waals surface area contributed by atoms with Crippen LogP contribution in [0.1, 0.15) is 57.2 Å². The van der Waals surface area contributed by atoms with Gasteiger partial charge in [0.2, 0.25) is 6.54 Å². The number of pyridine rings is 1. The van der Waals surface area contributed by atoms with Gasteiger partial charge in [-0.15, -0.1) is 0 Å². The molecule has 3 fully saturated rings. The number of thioether (sulfide) groups is 1. The summed E-state index contributed by atoms with van der Waals surface area (Å²) in [5, 5.41) is 28.9. The minimum absolute atomic E-state index is 0.0550. The van der Waals surface area contributed by atoms with E-state index >= 15 is 0 Å². The maximum Gasteiger partial charge on any atom is 0.258 e. The van der Waals surface area contributed by atoms with E-state index in [0.29, 0.717) is 42.4 Å². The van der Waals surface area contributed by atoms with E-state index in [1.807, 2.05) is 17.8 Å². The highest BCUT2D eigenvalue weighted by Gasteiger charge is 2.68. The summed E-state index contributed by atoms with van der Waals surface area (Å²) in [6.07, 6.45) is 9.48. The van der Waals surface area contributed by atoms with Crippen LogP contribution in [0.15, 0.2) is 39.7 Å². The summed E-state index contributed by atoms with van der Waals surface area (Å²) < 4.78 is 7.67. The van der Waals surface area contributed by atoms with Gasteiger partial charge in [-0.1, -0.05) is 31.2 Å². The van der Waals surface area contributed by atoms with Crippen LogP contribution < -0.4 is 0 Å². The molecule has 0 radical (unpaired) electrons. The lowest BCUT2D eigenvalue weighted by molar-refractivity contribution is -0.177. The number of hydrogen-bond donors (Lipinski definition) is 2. The molecule has 3 aromatic rings. The monoisotopic (exact) mass is 573 g/mol. The van der Waals surface area contributed by atoms with Gasteiger partial charge in [-0.3, -0.25) is 9.48 Å². The molecule has 6 unspecified atom stereocenters. The van der Waals surface area contributed by atoms with Crippen molar-refractivity contribution in [2.24, 2.45) is 28.6 Å². The summed E-state index contributed by atoms with van der Waals surface area (Å²) >= 11 is 1.19. The van der Waals surface area contributed by atoms with Crippen molar-refractivity contribution in [3.63, 3.8) is 0 Å². The summed E-state index contributed by atoms with van der Waals surface area (Å²) in [6, 6.07) is 3.57. The Hall–Kier alpha value is -3.00. The van der Waals surface area contributed by atoms with Gasteiger partial charge in [0, 0.05) is 11.6 Å². The summed E-state index contributed by atoms with van der Waals surface area (Å²) in [5.41, 5.74) is 2.30. The average molecular weight is 574 g/mol. The Morgan fingerprint density at radius 2 is 2.20 bits per heavy atom. The fraction of sp³-hybridized carbons (Fsp3) is 0.581. The molecule has 214 valence electrons. The Bertz CT molecular complexity index is 1570. The predicted molar refractivity (Wildman–Crippen MR) is 154 cm³/mol. The number of carbonyl (C=O) groups is 1. The van der Waals surface area contributed by atoms with E-state index < -0.39 is 17.1 Å². The van der Waals surface area contributed by atoms with Crippen LogP contribution >= 0.6 is 11.8 Å². The molecule has 4 aliphatic rings. The first-order valence-corrected chi connectivity index (χ1v) is 15.5. The molecule has 3 aromatic heterocycles. The van der Waals surface area contributed by atoms with Crippen LogP contribution in [-0.2, 0) is 17.8 Å². The van der Waals surface area contributed by atoms with E-state index in [-0.39, 0.29) is 34.7 Å². The molecule has 3 heterocycles. The van der Waals surface area contributed by atoms with E-state index in [2.05, 4.69) is 32.9 Å². The molecular formula is C31H35N5O4S. The molecule has 7 atom stereocenters. The SMILES string of the molecule is [C-]#[N+]CCn1ncc2c1C=C1CCC3C(C(O)CC4(C)C3CC[C@]4(O)C(=O)CSc3nc4ncccc4o3)C1(C)C2. The number of allylic oxidation sites excluding steroid dienone is 1. The van der Waals surface area contributed by atoms with Crippen molar-refractivity contribution in [1.82, 2.24) is 19.7 Å². The lowest BCUT2D eigenvalue weighted by Crippen LogP contribution is -2.62. The molecule has 4 aliphatic carbocycles. The van der Waals surface area contributed by atoms with Gasteiger partial charge in [0.25, 0.3) is 5.22 Å². The quantitative estimate of drug-likeness (QED) is 0.325. The average Bonchev–Trinajstić information content (AvgIpc) is 3.62. The fourth-order valence-electron chi connectivity index (χ4n) is 9.08. The molecule has 3 saturated carbocycles. The Morgan fingerprint density at radius 3 is 3.00 bits per heavy atom. The van der Waals surface area contributed by atoms with Crippen molar-refractivity contribution >= 4 is 34.9 Å². The molecule has 7 rings (SSSR count). The van der Waals surface area contributed by atoms with Crippen LogP contribution in [0.2, 0.25) is 0 Å². The number of hydrogen-bond acceptors (Lipinski definition) is 8. The van der Waals surface area contributed by atoms with E-state index in [9.17, 15) is 15.0 Å². The van der Waals surface area contributed by atoms with Crippen LogP contribution in [0.25, 0.3) is 22.2 Å². The lowest BCUT2D eigenvalue weighted by atomic mass is 9.45. The second-order valence-corrected chi connectivity index (χ2v) is 13.8. The van der Waals surface area contributed by atoms with Crippen molar-refractivity contribution in [3.05, 3.63) is 52.8 Å². The van der Waals surface area contributed by atoms with E-state index in [4.69, 9.17) is 11.0 Å². The zero-order chi connectivity index (χ0) is 28.6. The normalized spacial score (nSPS) is 35.6. The Morgan fingerprint density at radius 1 is 1.34 bits per heavy atom. The summed E-state index contributed by atoms with van der Waals surface area (Å²) in [6.45, 7) is 12.5. The fourth-order valence-corrected chi connectivity index (χ4v) is 9.88. The molecule has 0 amide bonds. The first-order valence-electron chi connectivity index (χ1n) is 14.5. The van der Waals surface area contributed by atoms with Gasteiger partial charge in [-0.2, -0.15) is 10.1 Å². The van der Waals surface area contributed by atoms with Crippen LogP contribution in [0, 0.1) is 35.2 Å². The van der Waals surface area contributed by atoms with E-state index in [1.54, 1.807) is 18.3 Å². The Labute approximate surface area is 243 Å². The summed E-state index contributed by atoms with van der Waals surface area (Å²) in [5.74, 6) is 0.275. The van der Waals surface area contributed by atoms with Crippen molar-refractivity contribution in [2.75, 3.05) is 12.3 Å². The highest BCUT2D eigenvalue weighted by molar-refractivity contribution is 7.99. The Kier molecular flexibility index (Phi) is 6.23. The van der Waals surface area contributed by atoms with Crippen LogP contribution in [0.3, 0.4) is 0 Å². The summed E-state index contributed by atoms with van der Waals surface area (Å²) in [7, 11) is 0. The zero-order valence-corrected chi connectivity index (χ0v) is 24.2. The number of nitrogens with zero attached hydrogens (tertiary/aromatic N) is 5. The molecule has 9 nitrogen and oxygen atoms in total. The number of aromatic nitrogens is 4. The number of fused-ring (bicyclic) bond motifs is 7. The third kappa shape index (κ3) is 3.89. The third-order valence-corrected chi connectivity index (χ3v) is 11.8. The minimum atomic E-state index is -1.50. The van der Waals surface area contributed by atoms with Crippen molar-refractivity contribution in [3.8, 4) is 0 Å². The largest absolute Gasteiger partial charge is 0.430 e.